The molecule has 0 amide bonds. The Kier molecular flexibility index (Phi) is 9.52. The van der Waals surface area contributed by atoms with Gasteiger partial charge in [0.25, 0.3) is 0 Å². The molecular weight excluding hydrogens is 458 g/mol. The number of phenols is 2. The van der Waals surface area contributed by atoms with E-state index >= 15 is 0 Å². The van der Waals surface area contributed by atoms with Crippen molar-refractivity contribution in [1.82, 2.24) is 24.6 Å². The quantitative estimate of drug-likeness (QED) is 0.314. The predicted molar refractivity (Wildman–Crippen MR) is 141 cm³/mol. The zero-order valence-corrected chi connectivity index (χ0v) is 22.0. The van der Waals surface area contributed by atoms with Crippen LogP contribution in [0.5, 0.6) is 17.4 Å². The topological polar surface area (TPSA) is 116 Å². The molecule has 9 nitrogen and oxygen atoms in total. The monoisotopic (exact) mass is 497 g/mol. The molecule has 0 aliphatic rings. The molecule has 1 aromatic carbocycles. The molecule has 0 aliphatic heterocycles. The number of nitrogens with one attached hydrogen (secondary N) is 1. The number of phenolic OH excluding ortho intramolecular Hbond substituents is 2. The number of hydrogen-bond acceptors (Lipinski definition) is 7. The molecule has 0 saturated carbocycles. The highest BCUT2D eigenvalue weighted by molar-refractivity contribution is 5.69. The lowest BCUT2D eigenvalue weighted by Gasteiger charge is -2.23. The van der Waals surface area contributed by atoms with Crippen molar-refractivity contribution in [2.24, 2.45) is 5.92 Å². The Morgan fingerprint density at radius 3 is 2.50 bits per heavy atom. The van der Waals surface area contributed by atoms with E-state index in [4.69, 9.17) is 4.74 Å². The summed E-state index contributed by atoms with van der Waals surface area (Å²) in [5.74, 6) is 1.27. The Balaban J connectivity index is 1.73. The summed E-state index contributed by atoms with van der Waals surface area (Å²) < 4.78 is 7.21. The van der Waals surface area contributed by atoms with Crippen LogP contribution in [0.4, 0.5) is 0 Å². The third-order valence-corrected chi connectivity index (χ3v) is 6.49. The summed E-state index contributed by atoms with van der Waals surface area (Å²) in [6, 6.07) is 6.37. The van der Waals surface area contributed by atoms with Gasteiger partial charge in [-0.2, -0.15) is 5.10 Å². The van der Waals surface area contributed by atoms with E-state index in [0.717, 1.165) is 32.0 Å². The van der Waals surface area contributed by atoms with E-state index in [9.17, 15) is 15.0 Å². The van der Waals surface area contributed by atoms with Crippen molar-refractivity contribution in [3.8, 4) is 34.5 Å². The van der Waals surface area contributed by atoms with E-state index in [1.54, 1.807) is 24.4 Å². The van der Waals surface area contributed by atoms with Crippen molar-refractivity contribution >= 4 is 0 Å². The van der Waals surface area contributed by atoms with Gasteiger partial charge in [0.1, 0.15) is 18.1 Å². The number of ether oxygens (including phenoxy) is 1. The van der Waals surface area contributed by atoms with E-state index < -0.39 is 5.69 Å². The van der Waals surface area contributed by atoms with Crippen LogP contribution < -0.4 is 10.4 Å². The van der Waals surface area contributed by atoms with Gasteiger partial charge < -0.3 is 14.9 Å². The lowest BCUT2D eigenvalue weighted by Crippen LogP contribution is -2.31. The number of H-pyrrole nitrogens is 1. The number of nitrogens with zero attached hydrogens (tertiary/aromatic N) is 4. The Hall–Kier alpha value is -3.33. The molecular formula is C27H39N5O4. The second-order valence-corrected chi connectivity index (χ2v) is 9.62. The first-order valence-electron chi connectivity index (χ1n) is 12.8. The van der Waals surface area contributed by atoms with Gasteiger partial charge in [-0.05, 0) is 55.5 Å². The number of aromatic nitrogens is 4. The summed E-state index contributed by atoms with van der Waals surface area (Å²) in [7, 11) is 0. The van der Waals surface area contributed by atoms with Crippen LogP contribution in [0.15, 0.2) is 35.3 Å². The zero-order valence-electron chi connectivity index (χ0n) is 22.0. The lowest BCUT2D eigenvalue weighted by atomic mass is 9.98. The number of aromatic amines is 1. The maximum Gasteiger partial charge on any atom is 0.348 e. The molecule has 1 unspecified atom stereocenters. The van der Waals surface area contributed by atoms with Crippen LogP contribution in [0.25, 0.3) is 17.1 Å². The number of rotatable bonds is 13. The molecule has 0 radical (unpaired) electrons. The first kappa shape index (κ1) is 27.3. The van der Waals surface area contributed by atoms with Gasteiger partial charge in [0.15, 0.2) is 5.82 Å². The van der Waals surface area contributed by atoms with Gasteiger partial charge in [-0.3, -0.25) is 4.90 Å². The summed E-state index contributed by atoms with van der Waals surface area (Å²) >= 11 is 0. The fourth-order valence-electron chi connectivity index (χ4n) is 4.08. The van der Waals surface area contributed by atoms with E-state index in [1.165, 1.54) is 23.5 Å². The minimum atomic E-state index is -0.462. The maximum absolute atomic E-state index is 12.6. The fourth-order valence-corrected chi connectivity index (χ4v) is 4.08. The van der Waals surface area contributed by atoms with E-state index in [-0.39, 0.29) is 23.2 Å². The third-order valence-electron chi connectivity index (χ3n) is 6.49. The van der Waals surface area contributed by atoms with Crippen LogP contribution in [0.3, 0.4) is 0 Å². The molecule has 196 valence electrons. The van der Waals surface area contributed by atoms with Crippen LogP contribution in [0.1, 0.15) is 65.4 Å². The molecule has 3 rings (SSSR count). The average Bonchev–Trinajstić information content (AvgIpc) is 3.23. The highest BCUT2D eigenvalue weighted by Gasteiger charge is 2.20. The smallest absolute Gasteiger partial charge is 0.348 e. The molecule has 1 atom stereocenters. The van der Waals surface area contributed by atoms with Crippen LogP contribution in [-0.4, -0.2) is 61.1 Å². The van der Waals surface area contributed by atoms with Gasteiger partial charge in [0, 0.05) is 18.7 Å². The zero-order chi connectivity index (χ0) is 26.2. The first-order valence-corrected chi connectivity index (χ1v) is 12.8. The first-order chi connectivity index (χ1) is 17.2. The molecule has 0 fully saturated rings. The van der Waals surface area contributed by atoms with E-state index in [2.05, 4.69) is 40.9 Å². The average molecular weight is 498 g/mol. The van der Waals surface area contributed by atoms with Crippen molar-refractivity contribution in [1.29, 1.82) is 0 Å². The third kappa shape index (κ3) is 6.66. The summed E-state index contributed by atoms with van der Waals surface area (Å²) in [6.07, 6.45) is 5.02. The highest BCUT2D eigenvalue weighted by atomic mass is 16.5. The number of benzene rings is 1. The van der Waals surface area contributed by atoms with Gasteiger partial charge >= 0.3 is 5.69 Å². The SMILES string of the molecule is CCCN(CCOc1ccc(-n2c(-c3cc(C(C)C)c(O)cc3O)n[nH]c2=O)cn1)CCC(C)CC. The van der Waals surface area contributed by atoms with Gasteiger partial charge in [0.05, 0.1) is 17.4 Å². The second-order valence-electron chi connectivity index (χ2n) is 9.62. The molecule has 0 spiro atoms. The van der Waals surface area contributed by atoms with E-state index in [0.29, 0.717) is 29.3 Å². The fraction of sp³-hybridized carbons (Fsp3) is 0.519. The number of aromatic hydroxyl groups is 2. The molecule has 3 N–H and O–H groups in total. The molecule has 3 aromatic rings. The Labute approximate surface area is 212 Å². The van der Waals surface area contributed by atoms with Crippen molar-refractivity contribution in [3.05, 3.63) is 46.5 Å². The minimum absolute atomic E-state index is 0.00349. The number of pyridine rings is 1. The van der Waals surface area contributed by atoms with Crippen LogP contribution in [0, 0.1) is 5.92 Å². The Morgan fingerprint density at radius 1 is 1.08 bits per heavy atom. The van der Waals surface area contributed by atoms with Crippen LogP contribution >= 0.6 is 0 Å². The molecule has 0 bridgehead atoms. The highest BCUT2D eigenvalue weighted by Crippen LogP contribution is 2.37. The lowest BCUT2D eigenvalue weighted by molar-refractivity contribution is 0.195. The molecule has 0 aliphatic carbocycles. The largest absolute Gasteiger partial charge is 0.508 e. The Morgan fingerprint density at radius 2 is 1.86 bits per heavy atom. The predicted octanol–water partition coefficient (Wildman–Crippen LogP) is 4.68. The Bertz CT molecular complexity index is 1170. The van der Waals surface area contributed by atoms with Crippen molar-refractivity contribution in [2.45, 2.75) is 59.8 Å². The minimum Gasteiger partial charge on any atom is -0.508 e. The van der Waals surface area contributed by atoms with Gasteiger partial charge in [-0.1, -0.05) is 41.0 Å². The van der Waals surface area contributed by atoms with Gasteiger partial charge in [-0.15, -0.1) is 0 Å². The maximum atomic E-state index is 12.6. The van der Waals surface area contributed by atoms with Gasteiger partial charge in [0.2, 0.25) is 5.88 Å². The standard InChI is InChI=1S/C27H39N5O4/c1-6-11-31(12-10-19(5)7-2)13-14-36-25-9-8-20(17-28-25)32-26(29-30-27(32)35)22-15-21(18(3)4)23(33)16-24(22)34/h8-9,15-19,33-34H,6-7,10-14H2,1-5H3,(H,30,35). The molecule has 9 heteroatoms. The van der Waals surface area contributed by atoms with Crippen molar-refractivity contribution in [2.75, 3.05) is 26.2 Å². The number of hydrogen-bond donors (Lipinski definition) is 3. The summed E-state index contributed by atoms with van der Waals surface area (Å²) in [4.78, 5) is 19.4. The van der Waals surface area contributed by atoms with Gasteiger partial charge in [-0.25, -0.2) is 19.4 Å². The molecule has 0 saturated heterocycles. The molecule has 2 heterocycles. The second kappa shape index (κ2) is 12.6. The van der Waals surface area contributed by atoms with Crippen LogP contribution in [-0.2, 0) is 0 Å². The normalized spacial score (nSPS) is 12.4. The molecule has 36 heavy (non-hydrogen) atoms. The van der Waals surface area contributed by atoms with Crippen molar-refractivity contribution in [3.63, 3.8) is 0 Å². The summed E-state index contributed by atoms with van der Waals surface area (Å²) in [5.41, 5.74) is 1.00. The summed E-state index contributed by atoms with van der Waals surface area (Å²) in [6.45, 7) is 14.0. The summed E-state index contributed by atoms with van der Waals surface area (Å²) in [5, 5.41) is 27.2. The van der Waals surface area contributed by atoms with E-state index in [1.807, 2.05) is 13.8 Å². The van der Waals surface area contributed by atoms with Crippen LogP contribution in [0.2, 0.25) is 0 Å². The molecule has 2 aromatic heterocycles. The van der Waals surface area contributed by atoms with Crippen molar-refractivity contribution < 1.29 is 14.9 Å².